The van der Waals surface area contributed by atoms with E-state index >= 15 is 0 Å². The SMILES string of the molecule is CC/C=C/C/C=C/C/C=C/C/C=C/C/C=C/CCCCCC(=O)OC[C@H](COP(=O)([O-])OCC[N+](C)(C)C)OC(=O)CCCCC/C=C/C/C=C/C/C=C/C/C=C/CCCCC. The molecule has 0 aliphatic rings. The quantitative estimate of drug-likeness (QED) is 0.0196. The Labute approximate surface area is 378 Å². The van der Waals surface area contributed by atoms with Gasteiger partial charge in [0.1, 0.15) is 19.8 Å². The van der Waals surface area contributed by atoms with Gasteiger partial charge in [0, 0.05) is 12.8 Å². The Morgan fingerprint density at radius 1 is 0.516 bits per heavy atom. The molecule has 9 nitrogen and oxygen atoms in total. The Morgan fingerprint density at radius 2 is 0.919 bits per heavy atom. The van der Waals surface area contributed by atoms with E-state index in [0.29, 0.717) is 23.9 Å². The van der Waals surface area contributed by atoms with Gasteiger partial charge in [-0.2, -0.15) is 0 Å². The summed E-state index contributed by atoms with van der Waals surface area (Å²) in [6.07, 6.45) is 58.3. The van der Waals surface area contributed by atoms with Gasteiger partial charge < -0.3 is 27.9 Å². The van der Waals surface area contributed by atoms with Crippen molar-refractivity contribution in [1.82, 2.24) is 0 Å². The molecular formula is C52H86NO8P. The summed E-state index contributed by atoms with van der Waals surface area (Å²) in [7, 11) is 1.10. The maximum atomic E-state index is 12.7. The molecule has 0 amide bonds. The van der Waals surface area contributed by atoms with Crippen molar-refractivity contribution < 1.29 is 42.1 Å². The van der Waals surface area contributed by atoms with Crippen LogP contribution in [0.15, 0.2) is 109 Å². The normalized spacial score (nSPS) is 14.5. The molecule has 0 aromatic heterocycles. The molecule has 352 valence electrons. The number of likely N-dealkylation sites (N-methyl/N-ethyl adjacent to an activating group) is 1. The van der Waals surface area contributed by atoms with Crippen LogP contribution in [-0.4, -0.2) is 70.0 Å². The minimum atomic E-state index is -4.65. The van der Waals surface area contributed by atoms with Gasteiger partial charge in [0.15, 0.2) is 6.10 Å². The number of hydrogen-bond acceptors (Lipinski definition) is 8. The fraction of sp³-hybridized carbons (Fsp3) is 0.615. The number of hydrogen-bond donors (Lipinski definition) is 0. The first-order valence-electron chi connectivity index (χ1n) is 23.6. The molecule has 0 aromatic rings. The predicted octanol–water partition coefficient (Wildman–Crippen LogP) is 13.3. The Kier molecular flexibility index (Phi) is 40.6. The summed E-state index contributed by atoms with van der Waals surface area (Å²) in [5.74, 6) is -0.920. The molecule has 0 bridgehead atoms. The third-order valence-electron chi connectivity index (χ3n) is 9.28. The van der Waals surface area contributed by atoms with Gasteiger partial charge in [-0.1, -0.05) is 149 Å². The third kappa shape index (κ3) is 46.2. The number of allylic oxidation sites excluding steroid dienone is 18. The molecule has 0 fully saturated rings. The highest BCUT2D eigenvalue weighted by molar-refractivity contribution is 7.45. The minimum absolute atomic E-state index is 0.0497. The molecule has 62 heavy (non-hydrogen) atoms. The van der Waals surface area contributed by atoms with Crippen molar-refractivity contribution in [1.29, 1.82) is 0 Å². The zero-order valence-electron chi connectivity index (χ0n) is 39.5. The van der Waals surface area contributed by atoms with Gasteiger partial charge in [-0.15, -0.1) is 0 Å². The van der Waals surface area contributed by atoms with Crippen LogP contribution >= 0.6 is 7.82 Å². The van der Waals surface area contributed by atoms with E-state index in [2.05, 4.69) is 123 Å². The molecule has 0 aliphatic heterocycles. The van der Waals surface area contributed by atoms with E-state index in [1.54, 1.807) is 0 Å². The average molecular weight is 884 g/mol. The van der Waals surface area contributed by atoms with Crippen LogP contribution < -0.4 is 4.89 Å². The molecule has 10 heteroatoms. The van der Waals surface area contributed by atoms with E-state index in [0.717, 1.165) is 89.9 Å². The van der Waals surface area contributed by atoms with Crippen molar-refractivity contribution in [3.8, 4) is 0 Å². The van der Waals surface area contributed by atoms with E-state index in [1.165, 1.54) is 25.7 Å². The maximum absolute atomic E-state index is 12.7. The molecule has 0 saturated carbocycles. The summed E-state index contributed by atoms with van der Waals surface area (Å²) in [6, 6.07) is 0. The van der Waals surface area contributed by atoms with Crippen molar-refractivity contribution >= 4 is 19.8 Å². The van der Waals surface area contributed by atoms with Crippen LogP contribution in [0.2, 0.25) is 0 Å². The minimum Gasteiger partial charge on any atom is -0.756 e. The van der Waals surface area contributed by atoms with Crippen molar-refractivity contribution in [2.24, 2.45) is 0 Å². The second kappa shape index (κ2) is 42.9. The first kappa shape index (κ1) is 58.7. The highest BCUT2D eigenvalue weighted by Gasteiger charge is 2.21. The van der Waals surface area contributed by atoms with E-state index < -0.39 is 32.5 Å². The van der Waals surface area contributed by atoms with Crippen molar-refractivity contribution in [3.63, 3.8) is 0 Å². The van der Waals surface area contributed by atoms with Gasteiger partial charge in [-0.05, 0) is 103 Å². The number of ether oxygens (including phenoxy) is 2. The van der Waals surface area contributed by atoms with Gasteiger partial charge >= 0.3 is 11.9 Å². The second-order valence-electron chi connectivity index (χ2n) is 16.4. The van der Waals surface area contributed by atoms with E-state index in [1.807, 2.05) is 21.1 Å². The lowest BCUT2D eigenvalue weighted by Crippen LogP contribution is -2.37. The smallest absolute Gasteiger partial charge is 0.306 e. The number of quaternary nitrogens is 1. The lowest BCUT2D eigenvalue weighted by Gasteiger charge is -2.28. The fourth-order valence-corrected chi connectivity index (χ4v) is 6.33. The molecule has 0 radical (unpaired) electrons. The standard InChI is InChI=1S/C52H86NO8P/c1-6-8-10-12-14-16-18-20-22-24-26-28-30-32-34-36-38-40-42-44-51(54)58-48-50(49-60-62(56,57)59-47-46-53(3,4)5)61-52(55)45-43-41-39-37-35-33-31-29-27-25-23-21-19-17-15-13-11-9-7-2/h8,10,14-17,20-23,26-29,32-35,50H,6-7,9,11-13,18-19,24-25,30-31,36-49H2,1-5H3/b10-8+,16-14+,17-15+,22-20+,23-21+,28-26+,29-27+,34-32+,35-33+/t50-/m1/s1. The van der Waals surface area contributed by atoms with Crippen LogP contribution in [0.1, 0.15) is 155 Å². The Morgan fingerprint density at radius 3 is 1.34 bits per heavy atom. The molecule has 0 spiro atoms. The highest BCUT2D eigenvalue weighted by atomic mass is 31.2. The average Bonchev–Trinajstić information content (AvgIpc) is 3.23. The zero-order valence-corrected chi connectivity index (χ0v) is 40.4. The molecule has 0 rings (SSSR count). The van der Waals surface area contributed by atoms with E-state index in [-0.39, 0.29) is 26.1 Å². The highest BCUT2D eigenvalue weighted by Crippen LogP contribution is 2.38. The predicted molar refractivity (Wildman–Crippen MR) is 258 cm³/mol. The number of rotatable bonds is 41. The van der Waals surface area contributed by atoms with Crippen molar-refractivity contribution in [2.45, 2.75) is 161 Å². The van der Waals surface area contributed by atoms with Crippen LogP contribution in [0.5, 0.6) is 0 Å². The van der Waals surface area contributed by atoms with Gasteiger partial charge in [-0.3, -0.25) is 14.2 Å². The van der Waals surface area contributed by atoms with E-state index in [4.69, 9.17) is 18.5 Å². The topological polar surface area (TPSA) is 111 Å². The first-order valence-corrected chi connectivity index (χ1v) is 25.1. The summed E-state index contributed by atoms with van der Waals surface area (Å²) in [5.41, 5.74) is 0. The Hall–Kier alpha value is -3.33. The van der Waals surface area contributed by atoms with Crippen molar-refractivity contribution in [2.75, 3.05) is 47.5 Å². The summed E-state index contributed by atoms with van der Waals surface area (Å²) in [6.45, 7) is 3.98. The van der Waals surface area contributed by atoms with E-state index in [9.17, 15) is 19.0 Å². The second-order valence-corrected chi connectivity index (χ2v) is 17.8. The number of carbonyl (C=O) groups excluding carboxylic acids is 2. The van der Waals surface area contributed by atoms with Gasteiger partial charge in [-0.25, -0.2) is 0 Å². The number of phosphoric acid groups is 1. The summed E-state index contributed by atoms with van der Waals surface area (Å²) >= 11 is 0. The van der Waals surface area contributed by atoms with Crippen LogP contribution in [-0.2, 0) is 32.7 Å². The van der Waals surface area contributed by atoms with Crippen LogP contribution in [0.3, 0.4) is 0 Å². The molecular weight excluding hydrogens is 798 g/mol. The molecule has 0 aromatic carbocycles. The van der Waals surface area contributed by atoms with Crippen LogP contribution in [0, 0.1) is 0 Å². The third-order valence-corrected chi connectivity index (χ3v) is 10.2. The Balaban J connectivity index is 4.48. The molecule has 0 N–H and O–H groups in total. The maximum Gasteiger partial charge on any atom is 0.306 e. The van der Waals surface area contributed by atoms with Gasteiger partial charge in [0.2, 0.25) is 0 Å². The van der Waals surface area contributed by atoms with Gasteiger partial charge in [0.05, 0.1) is 27.7 Å². The molecule has 0 heterocycles. The van der Waals surface area contributed by atoms with Gasteiger partial charge in [0.25, 0.3) is 7.82 Å². The number of phosphoric ester groups is 1. The monoisotopic (exact) mass is 884 g/mol. The largest absolute Gasteiger partial charge is 0.756 e. The number of nitrogens with zero attached hydrogens (tertiary/aromatic N) is 1. The zero-order chi connectivity index (χ0) is 45.7. The fourth-order valence-electron chi connectivity index (χ4n) is 5.60. The molecule has 0 aliphatic carbocycles. The number of unbranched alkanes of at least 4 members (excludes halogenated alkanes) is 9. The molecule has 0 saturated heterocycles. The van der Waals surface area contributed by atoms with Crippen molar-refractivity contribution in [3.05, 3.63) is 109 Å². The first-order chi connectivity index (χ1) is 30.0. The summed E-state index contributed by atoms with van der Waals surface area (Å²) in [5, 5.41) is 0. The molecule has 2 atom stereocenters. The summed E-state index contributed by atoms with van der Waals surface area (Å²) in [4.78, 5) is 37.6. The lowest BCUT2D eigenvalue weighted by atomic mass is 10.1. The van der Waals surface area contributed by atoms with Crippen LogP contribution in [0.25, 0.3) is 0 Å². The number of carbonyl (C=O) groups is 2. The number of esters is 2. The lowest BCUT2D eigenvalue weighted by molar-refractivity contribution is -0.870. The molecule has 1 unspecified atom stereocenters. The summed E-state index contributed by atoms with van der Waals surface area (Å²) < 4.78 is 33.9. The Bertz CT molecular complexity index is 1420. The van der Waals surface area contributed by atoms with Crippen LogP contribution in [0.4, 0.5) is 0 Å².